The third-order valence-corrected chi connectivity index (χ3v) is 6.47. The topological polar surface area (TPSA) is 133 Å². The van der Waals surface area contributed by atoms with Gasteiger partial charge in [0.15, 0.2) is 6.10 Å². The lowest BCUT2D eigenvalue weighted by Crippen LogP contribution is -2.49. The summed E-state index contributed by atoms with van der Waals surface area (Å²) < 4.78 is 10.7. The van der Waals surface area contributed by atoms with Crippen LogP contribution in [-0.2, 0) is 19.1 Å². The SMILES string of the molecule is COCC(C)(C)[C@@H](OC(=O)c1cccnc1)C(=O)NCCC(=O)NCCSSCCN. The quantitative estimate of drug-likeness (QED) is 0.196. The van der Waals surface area contributed by atoms with E-state index in [4.69, 9.17) is 15.2 Å². The fraction of sp³-hybridized carbons (Fsp3) is 0.600. The van der Waals surface area contributed by atoms with Crippen molar-refractivity contribution < 1.29 is 23.9 Å². The first-order chi connectivity index (χ1) is 14.8. The maximum Gasteiger partial charge on any atom is 0.340 e. The van der Waals surface area contributed by atoms with Crippen molar-refractivity contribution in [2.45, 2.75) is 26.4 Å². The molecule has 0 saturated carbocycles. The van der Waals surface area contributed by atoms with E-state index >= 15 is 0 Å². The second kappa shape index (κ2) is 15.1. The molecular formula is C20H32N4O5S2. The van der Waals surface area contributed by atoms with Gasteiger partial charge in [0, 0.05) is 62.5 Å². The van der Waals surface area contributed by atoms with Crippen LogP contribution >= 0.6 is 21.6 Å². The summed E-state index contributed by atoms with van der Waals surface area (Å²) in [5.41, 5.74) is 4.88. The third-order valence-electron chi connectivity index (χ3n) is 4.03. The lowest BCUT2D eigenvalue weighted by molar-refractivity contribution is -0.138. The van der Waals surface area contributed by atoms with Crippen LogP contribution in [-0.4, -0.2) is 73.7 Å². The van der Waals surface area contributed by atoms with E-state index in [1.807, 2.05) is 0 Å². The summed E-state index contributed by atoms with van der Waals surface area (Å²) in [7, 11) is 4.83. The number of aromatic nitrogens is 1. The summed E-state index contributed by atoms with van der Waals surface area (Å²) >= 11 is 0. The summed E-state index contributed by atoms with van der Waals surface area (Å²) in [5, 5.41) is 5.48. The van der Waals surface area contributed by atoms with Crippen LogP contribution in [0.25, 0.3) is 0 Å². The molecule has 0 aliphatic carbocycles. The molecule has 11 heteroatoms. The number of carbonyl (C=O) groups excluding carboxylic acids is 3. The molecule has 1 aromatic rings. The number of nitrogens with zero attached hydrogens (tertiary/aromatic N) is 1. The van der Waals surface area contributed by atoms with E-state index in [2.05, 4.69) is 15.6 Å². The molecule has 1 heterocycles. The molecule has 31 heavy (non-hydrogen) atoms. The van der Waals surface area contributed by atoms with Gasteiger partial charge in [-0.3, -0.25) is 14.6 Å². The predicted molar refractivity (Wildman–Crippen MR) is 124 cm³/mol. The molecule has 0 saturated heterocycles. The van der Waals surface area contributed by atoms with Crippen molar-refractivity contribution in [3.63, 3.8) is 0 Å². The number of methoxy groups -OCH3 is 1. The van der Waals surface area contributed by atoms with Crippen LogP contribution in [0.1, 0.15) is 30.6 Å². The minimum atomic E-state index is -1.10. The molecule has 1 aromatic heterocycles. The van der Waals surface area contributed by atoms with Gasteiger partial charge in [-0.2, -0.15) is 0 Å². The Morgan fingerprint density at radius 2 is 1.94 bits per heavy atom. The molecule has 0 unspecified atom stereocenters. The lowest BCUT2D eigenvalue weighted by Gasteiger charge is -2.32. The zero-order valence-electron chi connectivity index (χ0n) is 18.2. The number of hydrogen-bond donors (Lipinski definition) is 3. The Kier molecular flexibility index (Phi) is 13.2. The van der Waals surface area contributed by atoms with E-state index in [0.29, 0.717) is 13.1 Å². The van der Waals surface area contributed by atoms with E-state index in [1.165, 1.54) is 13.3 Å². The van der Waals surface area contributed by atoms with E-state index < -0.39 is 23.4 Å². The van der Waals surface area contributed by atoms with Gasteiger partial charge in [0.05, 0.1) is 12.2 Å². The highest BCUT2D eigenvalue weighted by molar-refractivity contribution is 8.76. The lowest BCUT2D eigenvalue weighted by atomic mass is 9.86. The van der Waals surface area contributed by atoms with Gasteiger partial charge >= 0.3 is 5.97 Å². The highest BCUT2D eigenvalue weighted by atomic mass is 33.1. The summed E-state index contributed by atoms with van der Waals surface area (Å²) in [6.45, 7) is 5.04. The first kappa shape index (κ1) is 27.2. The monoisotopic (exact) mass is 472 g/mol. The van der Waals surface area contributed by atoms with Crippen molar-refractivity contribution in [1.29, 1.82) is 0 Å². The standard InChI is InChI=1S/C20H32N4O5S2/c1-20(2,14-28-3)17(29-19(27)15-5-4-8-22-13-15)18(26)24-9-6-16(25)23-10-12-31-30-11-7-21/h4-5,8,13,17H,6-7,9-12,14,21H2,1-3H3,(H,23,25)(H,24,26)/t17-/m0/s1. The third kappa shape index (κ3) is 10.9. The Labute approximate surface area is 191 Å². The predicted octanol–water partition coefficient (Wildman–Crippen LogP) is 1.24. The Hall–Kier alpha value is -1.82. The first-order valence-electron chi connectivity index (χ1n) is 9.90. The maximum atomic E-state index is 12.8. The van der Waals surface area contributed by atoms with Gasteiger partial charge in [-0.1, -0.05) is 35.4 Å². The molecule has 2 amide bonds. The Bertz CT molecular complexity index is 691. The molecule has 0 radical (unpaired) electrons. The van der Waals surface area contributed by atoms with Crippen molar-refractivity contribution in [2.75, 3.05) is 44.9 Å². The summed E-state index contributed by atoms with van der Waals surface area (Å²) in [4.78, 5) is 41.0. The van der Waals surface area contributed by atoms with Gasteiger partial charge in [-0.05, 0) is 12.1 Å². The zero-order valence-corrected chi connectivity index (χ0v) is 19.9. The summed E-state index contributed by atoms with van der Waals surface area (Å²) in [6.07, 6.45) is 1.94. The van der Waals surface area contributed by atoms with E-state index in [9.17, 15) is 14.4 Å². The molecule has 0 fully saturated rings. The number of nitrogens with two attached hydrogens (primary N) is 1. The fourth-order valence-corrected chi connectivity index (χ4v) is 4.32. The number of nitrogens with one attached hydrogen (secondary N) is 2. The van der Waals surface area contributed by atoms with Crippen molar-refractivity contribution in [3.8, 4) is 0 Å². The van der Waals surface area contributed by atoms with Crippen LogP contribution in [0.15, 0.2) is 24.5 Å². The van der Waals surface area contributed by atoms with E-state index in [-0.39, 0.29) is 31.0 Å². The highest BCUT2D eigenvalue weighted by Gasteiger charge is 2.39. The van der Waals surface area contributed by atoms with Gasteiger partial charge in [0.25, 0.3) is 5.91 Å². The number of esters is 1. The fourth-order valence-electron chi connectivity index (χ4n) is 2.55. The molecular weight excluding hydrogens is 440 g/mol. The maximum absolute atomic E-state index is 12.8. The van der Waals surface area contributed by atoms with Crippen molar-refractivity contribution in [1.82, 2.24) is 15.6 Å². The molecule has 174 valence electrons. The van der Waals surface area contributed by atoms with Crippen molar-refractivity contribution >= 4 is 39.4 Å². The van der Waals surface area contributed by atoms with Crippen molar-refractivity contribution in [3.05, 3.63) is 30.1 Å². The second-order valence-corrected chi connectivity index (χ2v) is 9.97. The Morgan fingerprint density at radius 3 is 2.58 bits per heavy atom. The number of hydrogen-bond acceptors (Lipinski definition) is 9. The molecule has 0 aromatic carbocycles. The van der Waals surface area contributed by atoms with Crippen LogP contribution < -0.4 is 16.4 Å². The molecule has 0 aliphatic rings. The normalized spacial score (nSPS) is 12.1. The largest absolute Gasteiger partial charge is 0.448 e. The average Bonchev–Trinajstić information content (AvgIpc) is 2.74. The molecule has 1 atom stereocenters. The number of ether oxygens (including phenoxy) is 2. The van der Waals surface area contributed by atoms with Crippen LogP contribution in [0.2, 0.25) is 0 Å². The number of rotatable bonds is 15. The Morgan fingerprint density at radius 1 is 1.19 bits per heavy atom. The van der Waals surface area contributed by atoms with Gasteiger partial charge < -0.3 is 25.8 Å². The average molecular weight is 473 g/mol. The van der Waals surface area contributed by atoms with Crippen LogP contribution in [0.3, 0.4) is 0 Å². The Balaban J connectivity index is 2.54. The zero-order chi connectivity index (χ0) is 23.1. The smallest absolute Gasteiger partial charge is 0.340 e. The van der Waals surface area contributed by atoms with Crippen LogP contribution in [0, 0.1) is 5.41 Å². The van der Waals surface area contributed by atoms with E-state index in [0.717, 1.165) is 11.5 Å². The van der Waals surface area contributed by atoms with Gasteiger partial charge in [0.1, 0.15) is 0 Å². The number of pyridine rings is 1. The van der Waals surface area contributed by atoms with Gasteiger partial charge in [0.2, 0.25) is 5.91 Å². The first-order valence-corrected chi connectivity index (χ1v) is 12.4. The number of amides is 2. The molecule has 1 rings (SSSR count). The second-order valence-electron chi connectivity index (χ2n) is 7.27. The summed E-state index contributed by atoms with van der Waals surface area (Å²) in [6, 6.07) is 3.17. The summed E-state index contributed by atoms with van der Waals surface area (Å²) in [5.74, 6) is 0.350. The minimum absolute atomic E-state index is 0.125. The molecule has 0 bridgehead atoms. The van der Waals surface area contributed by atoms with Gasteiger partial charge in [-0.15, -0.1) is 0 Å². The van der Waals surface area contributed by atoms with E-state index in [1.54, 1.807) is 53.8 Å². The molecule has 4 N–H and O–H groups in total. The highest BCUT2D eigenvalue weighted by Crippen LogP contribution is 2.25. The van der Waals surface area contributed by atoms with Crippen LogP contribution in [0.5, 0.6) is 0 Å². The van der Waals surface area contributed by atoms with Crippen LogP contribution in [0.4, 0.5) is 0 Å². The molecule has 9 nitrogen and oxygen atoms in total. The molecule has 0 aliphatic heterocycles. The molecule has 0 spiro atoms. The number of carbonyl (C=O) groups is 3. The minimum Gasteiger partial charge on any atom is -0.448 e. The van der Waals surface area contributed by atoms with Gasteiger partial charge in [-0.25, -0.2) is 4.79 Å². The van der Waals surface area contributed by atoms with Crippen molar-refractivity contribution in [2.24, 2.45) is 11.1 Å².